The number of amides is 2. The molecule has 5 heteroatoms. The van der Waals surface area contributed by atoms with Gasteiger partial charge in [0.15, 0.2) is 0 Å². The molecule has 0 fully saturated rings. The van der Waals surface area contributed by atoms with Gasteiger partial charge < -0.3 is 10.6 Å². The van der Waals surface area contributed by atoms with Crippen LogP contribution in [0.5, 0.6) is 0 Å². The number of hydrogen-bond donors (Lipinski definition) is 2. The largest absolute Gasteiger partial charge is 0.326 e. The number of fused-ring (bicyclic) bond motifs is 1. The predicted molar refractivity (Wildman–Crippen MR) is 113 cm³/mol. The number of nitrogens with zero attached hydrogens (tertiary/aromatic N) is 1. The number of benzene rings is 2. The maximum atomic E-state index is 12.6. The topological polar surface area (TPSA) is 71.1 Å². The van der Waals surface area contributed by atoms with Crippen LogP contribution in [0.2, 0.25) is 0 Å². The van der Waals surface area contributed by atoms with Gasteiger partial charge in [-0.1, -0.05) is 38.1 Å². The highest BCUT2D eigenvalue weighted by Crippen LogP contribution is 2.23. The van der Waals surface area contributed by atoms with Gasteiger partial charge in [0.2, 0.25) is 11.8 Å². The fourth-order valence-corrected chi connectivity index (χ4v) is 3.16. The lowest BCUT2D eigenvalue weighted by atomic mass is 9.99. The second-order valence-electron chi connectivity index (χ2n) is 7.27. The molecule has 144 valence electrons. The third-order valence-corrected chi connectivity index (χ3v) is 4.76. The van der Waals surface area contributed by atoms with Crippen molar-refractivity contribution < 1.29 is 9.59 Å². The average molecular weight is 375 g/mol. The smallest absolute Gasteiger partial charge is 0.228 e. The molecule has 3 aromatic rings. The lowest BCUT2D eigenvalue weighted by molar-refractivity contribution is -0.119. The molecule has 0 aliphatic heterocycles. The van der Waals surface area contributed by atoms with E-state index in [4.69, 9.17) is 0 Å². The molecule has 0 spiro atoms. The van der Waals surface area contributed by atoms with Gasteiger partial charge in [0.05, 0.1) is 11.9 Å². The molecule has 3 rings (SSSR count). The lowest BCUT2D eigenvalue weighted by Gasteiger charge is -2.13. The average Bonchev–Trinajstić information content (AvgIpc) is 2.65. The first-order valence-electron chi connectivity index (χ1n) is 9.40. The summed E-state index contributed by atoms with van der Waals surface area (Å²) in [6.45, 7) is 7.64. The molecule has 0 atom stereocenters. The van der Waals surface area contributed by atoms with Crippen molar-refractivity contribution in [1.82, 2.24) is 4.98 Å². The van der Waals surface area contributed by atoms with E-state index in [9.17, 15) is 9.59 Å². The Morgan fingerprint density at radius 3 is 2.36 bits per heavy atom. The molecule has 2 amide bonds. The van der Waals surface area contributed by atoms with Crippen LogP contribution in [0, 0.1) is 19.8 Å². The number of aromatic nitrogens is 1. The van der Waals surface area contributed by atoms with Gasteiger partial charge in [-0.05, 0) is 49.2 Å². The Labute approximate surface area is 165 Å². The van der Waals surface area contributed by atoms with Gasteiger partial charge in [0.25, 0.3) is 0 Å². The minimum absolute atomic E-state index is 0.0584. The second-order valence-corrected chi connectivity index (χ2v) is 7.27. The molecule has 0 unspecified atom stereocenters. The van der Waals surface area contributed by atoms with Crippen LogP contribution in [0.3, 0.4) is 0 Å². The van der Waals surface area contributed by atoms with E-state index in [1.807, 2.05) is 52.0 Å². The summed E-state index contributed by atoms with van der Waals surface area (Å²) in [5, 5.41) is 6.82. The Morgan fingerprint density at radius 1 is 0.964 bits per heavy atom. The van der Waals surface area contributed by atoms with E-state index in [0.29, 0.717) is 11.4 Å². The fraction of sp³-hybridized carbons (Fsp3) is 0.261. The highest BCUT2D eigenvalue weighted by Gasteiger charge is 2.14. The summed E-state index contributed by atoms with van der Waals surface area (Å²) in [6, 6.07) is 15.1. The van der Waals surface area contributed by atoms with E-state index in [1.165, 1.54) is 0 Å². The Hall–Kier alpha value is -3.21. The minimum Gasteiger partial charge on any atom is -0.326 e. The molecule has 28 heavy (non-hydrogen) atoms. The summed E-state index contributed by atoms with van der Waals surface area (Å²) in [5.74, 6) is -0.280. The van der Waals surface area contributed by atoms with E-state index >= 15 is 0 Å². The summed E-state index contributed by atoms with van der Waals surface area (Å²) in [4.78, 5) is 29.1. The van der Waals surface area contributed by atoms with E-state index in [-0.39, 0.29) is 24.2 Å². The number of anilines is 2. The van der Waals surface area contributed by atoms with E-state index in [0.717, 1.165) is 27.7 Å². The highest BCUT2D eigenvalue weighted by atomic mass is 16.2. The first kappa shape index (κ1) is 19.5. The molecular weight excluding hydrogens is 350 g/mol. The molecule has 2 aromatic carbocycles. The Bertz CT molecular complexity index is 1040. The van der Waals surface area contributed by atoms with Crippen LogP contribution in [0.25, 0.3) is 10.9 Å². The molecule has 2 N–H and O–H groups in total. The van der Waals surface area contributed by atoms with E-state index in [1.54, 1.807) is 24.3 Å². The number of hydrogen-bond acceptors (Lipinski definition) is 3. The molecule has 0 radical (unpaired) electrons. The van der Waals surface area contributed by atoms with Crippen LogP contribution >= 0.6 is 0 Å². The first-order chi connectivity index (χ1) is 13.3. The van der Waals surface area contributed by atoms with Crippen LogP contribution < -0.4 is 10.6 Å². The van der Waals surface area contributed by atoms with Crippen molar-refractivity contribution in [2.24, 2.45) is 5.92 Å². The molecule has 5 nitrogen and oxygen atoms in total. The van der Waals surface area contributed by atoms with Crippen molar-refractivity contribution in [2.75, 3.05) is 10.6 Å². The number of para-hydroxylation sites is 1. The molecule has 1 heterocycles. The fourth-order valence-electron chi connectivity index (χ4n) is 3.16. The molecular formula is C23H25N3O2. The maximum Gasteiger partial charge on any atom is 0.228 e. The van der Waals surface area contributed by atoms with Gasteiger partial charge in [-0.15, -0.1) is 0 Å². The SMILES string of the molecule is Cc1nc2ccccc2c(C)c1CC(=O)Nc1cccc(NC(=O)C(C)C)c1. The van der Waals surface area contributed by atoms with Crippen molar-refractivity contribution in [1.29, 1.82) is 0 Å². The molecule has 1 aromatic heterocycles. The number of nitrogens with one attached hydrogen (secondary N) is 2. The van der Waals surface area contributed by atoms with Gasteiger partial charge in [-0.3, -0.25) is 14.6 Å². The Balaban J connectivity index is 1.76. The van der Waals surface area contributed by atoms with Crippen molar-refractivity contribution >= 4 is 34.1 Å². The lowest BCUT2D eigenvalue weighted by Crippen LogP contribution is -2.18. The number of rotatable bonds is 5. The van der Waals surface area contributed by atoms with Crippen molar-refractivity contribution in [2.45, 2.75) is 34.1 Å². The maximum absolute atomic E-state index is 12.6. The third-order valence-electron chi connectivity index (χ3n) is 4.76. The standard InChI is InChI=1S/C23H25N3O2/c1-14(2)23(28)26-18-9-7-8-17(12-18)25-22(27)13-20-15(3)19-10-5-6-11-21(19)24-16(20)4/h5-12,14H,13H2,1-4H3,(H,25,27)(H,26,28). The van der Waals surface area contributed by atoms with Gasteiger partial charge in [0, 0.05) is 28.4 Å². The predicted octanol–water partition coefficient (Wildman–Crippen LogP) is 4.63. The van der Waals surface area contributed by atoms with Crippen molar-refractivity contribution in [3.05, 3.63) is 65.4 Å². The zero-order chi connectivity index (χ0) is 20.3. The van der Waals surface area contributed by atoms with Crippen LogP contribution in [-0.4, -0.2) is 16.8 Å². The molecule has 0 aliphatic rings. The third kappa shape index (κ3) is 4.36. The number of aryl methyl sites for hydroxylation is 2. The van der Waals surface area contributed by atoms with E-state index < -0.39 is 0 Å². The number of pyridine rings is 1. The molecule has 0 saturated carbocycles. The normalized spacial score (nSPS) is 10.9. The van der Waals surface area contributed by atoms with Gasteiger partial charge in [-0.2, -0.15) is 0 Å². The molecule has 0 saturated heterocycles. The molecule has 0 bridgehead atoms. The number of carbonyl (C=O) groups is 2. The second kappa shape index (κ2) is 8.21. The Kier molecular flexibility index (Phi) is 5.73. The van der Waals surface area contributed by atoms with Crippen LogP contribution in [0.1, 0.15) is 30.7 Å². The van der Waals surface area contributed by atoms with Crippen molar-refractivity contribution in [3.63, 3.8) is 0 Å². The van der Waals surface area contributed by atoms with Crippen molar-refractivity contribution in [3.8, 4) is 0 Å². The summed E-state index contributed by atoms with van der Waals surface area (Å²) < 4.78 is 0. The quantitative estimate of drug-likeness (QED) is 0.683. The van der Waals surface area contributed by atoms with Gasteiger partial charge >= 0.3 is 0 Å². The minimum atomic E-state index is -0.115. The summed E-state index contributed by atoms with van der Waals surface area (Å²) >= 11 is 0. The summed E-state index contributed by atoms with van der Waals surface area (Å²) in [6.07, 6.45) is 0.248. The zero-order valence-electron chi connectivity index (χ0n) is 16.7. The Morgan fingerprint density at radius 2 is 1.64 bits per heavy atom. The zero-order valence-corrected chi connectivity index (χ0v) is 16.7. The first-order valence-corrected chi connectivity index (χ1v) is 9.40. The van der Waals surface area contributed by atoms with Crippen LogP contribution in [0.15, 0.2) is 48.5 Å². The number of carbonyl (C=O) groups excluding carboxylic acids is 2. The summed E-state index contributed by atoms with van der Waals surface area (Å²) in [5.41, 5.74) is 5.14. The summed E-state index contributed by atoms with van der Waals surface area (Å²) in [7, 11) is 0. The highest BCUT2D eigenvalue weighted by molar-refractivity contribution is 5.96. The monoisotopic (exact) mass is 375 g/mol. The molecule has 0 aliphatic carbocycles. The van der Waals surface area contributed by atoms with Gasteiger partial charge in [-0.25, -0.2) is 0 Å². The van der Waals surface area contributed by atoms with Crippen LogP contribution in [-0.2, 0) is 16.0 Å². The van der Waals surface area contributed by atoms with Gasteiger partial charge in [0.1, 0.15) is 0 Å². The van der Waals surface area contributed by atoms with E-state index in [2.05, 4.69) is 15.6 Å². The van der Waals surface area contributed by atoms with Crippen LogP contribution in [0.4, 0.5) is 11.4 Å².